The highest BCUT2D eigenvalue weighted by Gasteiger charge is 2.05. The van der Waals surface area contributed by atoms with Gasteiger partial charge in [-0.15, -0.1) is 24.8 Å². The van der Waals surface area contributed by atoms with Gasteiger partial charge in [0.05, 0.1) is 5.69 Å². The molecule has 0 spiro atoms. The van der Waals surface area contributed by atoms with Gasteiger partial charge in [0.25, 0.3) is 0 Å². The van der Waals surface area contributed by atoms with Crippen LogP contribution in [-0.2, 0) is 6.54 Å². The average Bonchev–Trinajstić information content (AvgIpc) is 2.30. The van der Waals surface area contributed by atoms with Crippen molar-refractivity contribution in [2.24, 2.45) is 5.73 Å². The van der Waals surface area contributed by atoms with E-state index in [0.717, 1.165) is 5.56 Å². The van der Waals surface area contributed by atoms with Gasteiger partial charge in [-0.05, 0) is 29.8 Å². The molecule has 92 valence electrons. The first kappa shape index (κ1) is 15.8. The summed E-state index contributed by atoms with van der Waals surface area (Å²) in [5.41, 5.74) is 7.59. The van der Waals surface area contributed by atoms with E-state index in [1.165, 1.54) is 6.07 Å². The molecule has 0 atom stereocenters. The number of hydrogen-bond acceptors (Lipinski definition) is 2. The maximum Gasteiger partial charge on any atom is 0.132 e. The van der Waals surface area contributed by atoms with Crippen LogP contribution >= 0.6 is 24.8 Å². The third-order valence-corrected chi connectivity index (χ3v) is 2.21. The molecule has 17 heavy (non-hydrogen) atoms. The smallest absolute Gasteiger partial charge is 0.132 e. The molecule has 0 saturated carbocycles. The van der Waals surface area contributed by atoms with Gasteiger partial charge in [0.2, 0.25) is 0 Å². The first-order chi connectivity index (χ1) is 7.31. The maximum absolute atomic E-state index is 13.4. The number of nitrogens with two attached hydrogens (primary N) is 1. The van der Waals surface area contributed by atoms with Crippen LogP contribution in [0, 0.1) is 5.82 Å². The molecule has 2 rings (SSSR count). The predicted molar refractivity (Wildman–Crippen MR) is 72.0 cm³/mol. The van der Waals surface area contributed by atoms with E-state index in [2.05, 4.69) is 4.98 Å². The second-order valence-corrected chi connectivity index (χ2v) is 3.23. The number of halogens is 3. The molecule has 0 aliphatic heterocycles. The monoisotopic (exact) mass is 274 g/mol. The van der Waals surface area contributed by atoms with Crippen molar-refractivity contribution in [2.75, 3.05) is 0 Å². The van der Waals surface area contributed by atoms with E-state index in [1.54, 1.807) is 30.5 Å². The Morgan fingerprint density at radius 2 is 1.82 bits per heavy atom. The third-order valence-electron chi connectivity index (χ3n) is 2.21. The van der Waals surface area contributed by atoms with Crippen LogP contribution in [0.1, 0.15) is 5.56 Å². The van der Waals surface area contributed by atoms with Gasteiger partial charge in [0.15, 0.2) is 0 Å². The standard InChI is InChI=1S/C12H11FN2.2ClH/c13-11-4-2-1-3-10(11)12-7-9(8-14)5-6-15-12;;/h1-7H,8,14H2;2*1H. The molecule has 0 saturated heterocycles. The summed E-state index contributed by atoms with van der Waals surface area (Å²) in [7, 11) is 0. The fraction of sp³-hybridized carbons (Fsp3) is 0.0833. The minimum atomic E-state index is -0.265. The van der Waals surface area contributed by atoms with Crippen molar-refractivity contribution < 1.29 is 4.39 Å². The van der Waals surface area contributed by atoms with Gasteiger partial charge >= 0.3 is 0 Å². The Hall–Kier alpha value is -1.16. The average molecular weight is 275 g/mol. The van der Waals surface area contributed by atoms with Gasteiger partial charge in [-0.25, -0.2) is 4.39 Å². The number of rotatable bonds is 2. The topological polar surface area (TPSA) is 38.9 Å². The van der Waals surface area contributed by atoms with Crippen molar-refractivity contribution in [3.8, 4) is 11.3 Å². The lowest BCUT2D eigenvalue weighted by Crippen LogP contribution is -1.97. The lowest BCUT2D eigenvalue weighted by Gasteiger charge is -2.03. The summed E-state index contributed by atoms with van der Waals surface area (Å²) in [4.78, 5) is 4.12. The van der Waals surface area contributed by atoms with Crippen LogP contribution in [0.2, 0.25) is 0 Å². The number of pyridine rings is 1. The zero-order chi connectivity index (χ0) is 10.7. The third kappa shape index (κ3) is 3.66. The van der Waals surface area contributed by atoms with Gasteiger partial charge in [-0.3, -0.25) is 4.98 Å². The van der Waals surface area contributed by atoms with Gasteiger partial charge in [-0.1, -0.05) is 12.1 Å². The Kier molecular flexibility index (Phi) is 6.73. The zero-order valence-electron chi connectivity index (χ0n) is 8.97. The summed E-state index contributed by atoms with van der Waals surface area (Å²) < 4.78 is 13.4. The number of nitrogens with zero attached hydrogens (tertiary/aromatic N) is 1. The second-order valence-electron chi connectivity index (χ2n) is 3.23. The minimum Gasteiger partial charge on any atom is -0.326 e. The van der Waals surface area contributed by atoms with Crippen molar-refractivity contribution >= 4 is 24.8 Å². The quantitative estimate of drug-likeness (QED) is 0.914. The number of benzene rings is 1. The largest absolute Gasteiger partial charge is 0.326 e. The first-order valence-electron chi connectivity index (χ1n) is 4.71. The summed E-state index contributed by atoms with van der Waals surface area (Å²) >= 11 is 0. The van der Waals surface area contributed by atoms with E-state index in [9.17, 15) is 4.39 Å². The van der Waals surface area contributed by atoms with E-state index in [4.69, 9.17) is 5.73 Å². The predicted octanol–water partition coefficient (Wildman–Crippen LogP) is 3.19. The van der Waals surface area contributed by atoms with Crippen LogP contribution in [0.5, 0.6) is 0 Å². The van der Waals surface area contributed by atoms with Crippen molar-refractivity contribution in [3.63, 3.8) is 0 Å². The molecule has 2 nitrogen and oxygen atoms in total. The summed E-state index contributed by atoms with van der Waals surface area (Å²) in [6, 6.07) is 10.2. The van der Waals surface area contributed by atoms with E-state index in [0.29, 0.717) is 17.8 Å². The van der Waals surface area contributed by atoms with Crippen LogP contribution in [0.4, 0.5) is 4.39 Å². The van der Waals surface area contributed by atoms with Gasteiger partial charge in [-0.2, -0.15) is 0 Å². The maximum atomic E-state index is 13.4. The summed E-state index contributed by atoms with van der Waals surface area (Å²) in [6.07, 6.45) is 1.64. The second kappa shape index (κ2) is 7.22. The van der Waals surface area contributed by atoms with E-state index in [1.807, 2.05) is 6.07 Å². The van der Waals surface area contributed by atoms with Gasteiger partial charge in [0.1, 0.15) is 5.82 Å². The highest BCUT2D eigenvalue weighted by Crippen LogP contribution is 2.20. The van der Waals surface area contributed by atoms with Gasteiger partial charge < -0.3 is 5.73 Å². The number of hydrogen-bond donors (Lipinski definition) is 1. The molecule has 0 bridgehead atoms. The molecule has 0 aliphatic carbocycles. The SMILES string of the molecule is Cl.Cl.NCc1ccnc(-c2ccccc2F)c1. The van der Waals surface area contributed by atoms with E-state index < -0.39 is 0 Å². The van der Waals surface area contributed by atoms with E-state index >= 15 is 0 Å². The lowest BCUT2D eigenvalue weighted by atomic mass is 10.1. The van der Waals surface area contributed by atoms with Gasteiger partial charge in [0, 0.05) is 18.3 Å². The molecule has 2 aromatic rings. The highest BCUT2D eigenvalue weighted by atomic mass is 35.5. The Bertz CT molecular complexity index is 478. The summed E-state index contributed by atoms with van der Waals surface area (Å²) in [5, 5.41) is 0. The molecule has 0 amide bonds. The summed E-state index contributed by atoms with van der Waals surface area (Å²) in [5.74, 6) is -0.265. The molecule has 0 fully saturated rings. The van der Waals surface area contributed by atoms with Crippen LogP contribution in [-0.4, -0.2) is 4.98 Å². The van der Waals surface area contributed by atoms with Crippen molar-refractivity contribution in [1.29, 1.82) is 0 Å². The van der Waals surface area contributed by atoms with Crippen LogP contribution in [0.15, 0.2) is 42.6 Å². The van der Waals surface area contributed by atoms with Crippen molar-refractivity contribution in [2.45, 2.75) is 6.54 Å². The Labute approximate surface area is 112 Å². The molecular formula is C12H13Cl2FN2. The molecule has 0 aliphatic rings. The molecule has 0 radical (unpaired) electrons. The van der Waals surface area contributed by atoms with Crippen LogP contribution in [0.25, 0.3) is 11.3 Å². The molecule has 1 heterocycles. The normalized spacial score (nSPS) is 9.06. The van der Waals surface area contributed by atoms with Crippen LogP contribution in [0.3, 0.4) is 0 Å². The first-order valence-corrected chi connectivity index (χ1v) is 4.71. The molecule has 5 heteroatoms. The molecular weight excluding hydrogens is 262 g/mol. The Balaban J connectivity index is 0.00000128. The summed E-state index contributed by atoms with van der Waals surface area (Å²) in [6.45, 7) is 0.434. The molecule has 2 N–H and O–H groups in total. The lowest BCUT2D eigenvalue weighted by molar-refractivity contribution is 0.630. The Morgan fingerprint density at radius 1 is 1.12 bits per heavy atom. The zero-order valence-corrected chi connectivity index (χ0v) is 10.6. The highest BCUT2D eigenvalue weighted by molar-refractivity contribution is 5.85. The van der Waals surface area contributed by atoms with Crippen LogP contribution < -0.4 is 5.73 Å². The van der Waals surface area contributed by atoms with E-state index in [-0.39, 0.29) is 30.6 Å². The Morgan fingerprint density at radius 3 is 2.47 bits per heavy atom. The number of aromatic nitrogens is 1. The fourth-order valence-electron chi connectivity index (χ4n) is 1.42. The molecule has 0 unspecified atom stereocenters. The van der Waals surface area contributed by atoms with Crippen molar-refractivity contribution in [3.05, 3.63) is 54.0 Å². The fourth-order valence-corrected chi connectivity index (χ4v) is 1.42. The molecule has 1 aromatic carbocycles. The minimum absolute atomic E-state index is 0. The molecule has 1 aromatic heterocycles. The van der Waals surface area contributed by atoms with Crippen molar-refractivity contribution in [1.82, 2.24) is 4.98 Å².